The van der Waals surface area contributed by atoms with Gasteiger partial charge in [0.15, 0.2) is 6.61 Å². The Bertz CT molecular complexity index is 1180. The lowest BCUT2D eigenvalue weighted by molar-refractivity contribution is -0.119. The lowest BCUT2D eigenvalue weighted by Crippen LogP contribution is -2.20. The van der Waals surface area contributed by atoms with Gasteiger partial charge in [-0.05, 0) is 46.8 Å². The standard InChI is InChI=1S/C24H19NO3S/c1-16-6-8-18(9-7-16)21-12-13-29-23(21)24(27)28-15-22(26)25-20-11-10-17-4-2-3-5-19(17)14-20/h2-14H,15H2,1H3,(H,25,26). The number of benzene rings is 3. The van der Waals surface area contributed by atoms with Crippen LogP contribution in [0.1, 0.15) is 15.2 Å². The Balaban J connectivity index is 1.40. The van der Waals surface area contributed by atoms with Crippen molar-refractivity contribution in [2.24, 2.45) is 0 Å². The first-order valence-corrected chi connectivity index (χ1v) is 10.1. The molecular weight excluding hydrogens is 382 g/mol. The van der Waals surface area contributed by atoms with Gasteiger partial charge in [0, 0.05) is 11.3 Å². The molecule has 3 aromatic carbocycles. The number of esters is 1. The molecule has 1 N–H and O–H groups in total. The number of thiophene rings is 1. The van der Waals surface area contributed by atoms with Crippen LogP contribution in [0.5, 0.6) is 0 Å². The SMILES string of the molecule is Cc1ccc(-c2ccsc2C(=O)OCC(=O)Nc2ccc3ccccc3c2)cc1. The monoisotopic (exact) mass is 401 g/mol. The van der Waals surface area contributed by atoms with Crippen LogP contribution in [0.4, 0.5) is 5.69 Å². The highest BCUT2D eigenvalue weighted by Crippen LogP contribution is 2.29. The van der Waals surface area contributed by atoms with Crippen molar-refractivity contribution in [2.45, 2.75) is 6.92 Å². The molecule has 4 rings (SSSR count). The van der Waals surface area contributed by atoms with Crippen LogP contribution in [0.15, 0.2) is 78.2 Å². The topological polar surface area (TPSA) is 55.4 Å². The maximum atomic E-state index is 12.5. The molecule has 0 radical (unpaired) electrons. The lowest BCUT2D eigenvalue weighted by Gasteiger charge is -2.08. The summed E-state index contributed by atoms with van der Waals surface area (Å²) < 4.78 is 5.25. The summed E-state index contributed by atoms with van der Waals surface area (Å²) in [6, 6.07) is 23.4. The Morgan fingerprint density at radius 2 is 1.69 bits per heavy atom. The van der Waals surface area contributed by atoms with E-state index in [9.17, 15) is 9.59 Å². The second kappa shape index (κ2) is 8.29. The van der Waals surface area contributed by atoms with Crippen LogP contribution in [0.2, 0.25) is 0 Å². The van der Waals surface area contributed by atoms with Gasteiger partial charge in [0.25, 0.3) is 5.91 Å². The van der Waals surface area contributed by atoms with Crippen molar-refractivity contribution in [1.82, 2.24) is 0 Å². The first-order chi connectivity index (χ1) is 14.1. The van der Waals surface area contributed by atoms with Crippen LogP contribution < -0.4 is 5.32 Å². The second-order valence-corrected chi connectivity index (χ2v) is 7.63. The molecule has 1 heterocycles. The van der Waals surface area contributed by atoms with Gasteiger partial charge in [0.05, 0.1) is 0 Å². The molecule has 0 atom stereocenters. The number of nitrogens with one attached hydrogen (secondary N) is 1. The summed E-state index contributed by atoms with van der Waals surface area (Å²) in [6.45, 7) is 1.68. The molecule has 5 heteroatoms. The van der Waals surface area contributed by atoms with Gasteiger partial charge >= 0.3 is 5.97 Å². The highest BCUT2D eigenvalue weighted by Gasteiger charge is 2.17. The summed E-state index contributed by atoms with van der Waals surface area (Å²) in [7, 11) is 0. The van der Waals surface area contributed by atoms with Crippen LogP contribution in [-0.2, 0) is 9.53 Å². The van der Waals surface area contributed by atoms with E-state index >= 15 is 0 Å². The van der Waals surface area contributed by atoms with E-state index in [0.717, 1.165) is 27.5 Å². The number of aryl methyl sites for hydroxylation is 1. The lowest BCUT2D eigenvalue weighted by atomic mass is 10.1. The number of carbonyl (C=O) groups excluding carboxylic acids is 2. The first kappa shape index (κ1) is 18.9. The van der Waals surface area contributed by atoms with Gasteiger partial charge in [0.2, 0.25) is 0 Å². The van der Waals surface area contributed by atoms with Gasteiger partial charge in [-0.1, -0.05) is 60.2 Å². The zero-order valence-corrected chi connectivity index (χ0v) is 16.7. The third kappa shape index (κ3) is 4.36. The Morgan fingerprint density at radius 1 is 0.931 bits per heavy atom. The number of anilines is 1. The van der Waals surface area contributed by atoms with Gasteiger partial charge in [-0.25, -0.2) is 4.79 Å². The molecule has 4 aromatic rings. The largest absolute Gasteiger partial charge is 0.451 e. The van der Waals surface area contributed by atoms with Crippen molar-refractivity contribution in [3.8, 4) is 11.1 Å². The molecule has 29 heavy (non-hydrogen) atoms. The van der Waals surface area contributed by atoms with Crippen LogP contribution in [-0.4, -0.2) is 18.5 Å². The van der Waals surface area contributed by atoms with Gasteiger partial charge in [0.1, 0.15) is 4.88 Å². The van der Waals surface area contributed by atoms with Crippen molar-refractivity contribution < 1.29 is 14.3 Å². The number of ether oxygens (including phenoxy) is 1. The highest BCUT2D eigenvalue weighted by atomic mass is 32.1. The van der Waals surface area contributed by atoms with Crippen molar-refractivity contribution in [3.63, 3.8) is 0 Å². The Morgan fingerprint density at radius 3 is 2.48 bits per heavy atom. The number of amides is 1. The third-order valence-electron chi connectivity index (χ3n) is 4.58. The van der Waals surface area contributed by atoms with E-state index in [1.54, 1.807) is 0 Å². The summed E-state index contributed by atoms with van der Waals surface area (Å²) in [4.78, 5) is 25.2. The van der Waals surface area contributed by atoms with E-state index in [0.29, 0.717) is 10.6 Å². The summed E-state index contributed by atoms with van der Waals surface area (Å²) in [6.07, 6.45) is 0. The zero-order chi connectivity index (χ0) is 20.2. The average molecular weight is 401 g/mol. The number of hydrogen-bond donors (Lipinski definition) is 1. The molecule has 0 bridgehead atoms. The smallest absolute Gasteiger partial charge is 0.349 e. The fourth-order valence-corrected chi connectivity index (χ4v) is 3.90. The van der Waals surface area contributed by atoms with Crippen molar-refractivity contribution in [3.05, 3.63) is 88.6 Å². The summed E-state index contributed by atoms with van der Waals surface area (Å²) in [5, 5.41) is 6.75. The molecule has 1 aromatic heterocycles. The predicted octanol–water partition coefficient (Wildman–Crippen LogP) is 5.67. The first-order valence-electron chi connectivity index (χ1n) is 9.20. The highest BCUT2D eigenvalue weighted by molar-refractivity contribution is 7.12. The molecule has 0 saturated carbocycles. The molecule has 0 aliphatic heterocycles. The molecule has 0 aliphatic carbocycles. The van der Waals surface area contributed by atoms with E-state index < -0.39 is 5.97 Å². The molecule has 0 unspecified atom stereocenters. The normalized spacial score (nSPS) is 10.7. The van der Waals surface area contributed by atoms with Crippen LogP contribution >= 0.6 is 11.3 Å². The molecule has 1 amide bonds. The Kier molecular flexibility index (Phi) is 5.40. The average Bonchev–Trinajstić information content (AvgIpc) is 3.22. The second-order valence-electron chi connectivity index (χ2n) is 6.72. The minimum absolute atomic E-state index is 0.336. The fraction of sp³-hybridized carbons (Fsp3) is 0.0833. The van der Waals surface area contributed by atoms with Gasteiger partial charge in [-0.3, -0.25) is 4.79 Å². The molecular formula is C24H19NO3S. The molecule has 0 spiro atoms. The van der Waals surface area contributed by atoms with Crippen molar-refractivity contribution >= 4 is 39.7 Å². The van der Waals surface area contributed by atoms with Crippen LogP contribution in [0.25, 0.3) is 21.9 Å². The van der Waals surface area contributed by atoms with E-state index in [-0.39, 0.29) is 12.5 Å². The number of carbonyl (C=O) groups is 2. The van der Waals surface area contributed by atoms with Crippen LogP contribution in [0, 0.1) is 6.92 Å². The zero-order valence-electron chi connectivity index (χ0n) is 15.8. The van der Waals surface area contributed by atoms with Crippen molar-refractivity contribution in [1.29, 1.82) is 0 Å². The van der Waals surface area contributed by atoms with E-state index in [1.807, 2.05) is 85.1 Å². The molecule has 0 aliphatic rings. The number of rotatable bonds is 5. The number of hydrogen-bond acceptors (Lipinski definition) is 4. The molecule has 0 fully saturated rings. The van der Waals surface area contributed by atoms with E-state index in [4.69, 9.17) is 4.74 Å². The molecule has 0 saturated heterocycles. The van der Waals surface area contributed by atoms with Gasteiger partial charge < -0.3 is 10.1 Å². The minimum Gasteiger partial charge on any atom is -0.451 e. The minimum atomic E-state index is -0.496. The van der Waals surface area contributed by atoms with Gasteiger partial charge in [-0.2, -0.15) is 0 Å². The Hall–Kier alpha value is -3.44. The van der Waals surface area contributed by atoms with Gasteiger partial charge in [-0.15, -0.1) is 11.3 Å². The van der Waals surface area contributed by atoms with Crippen molar-refractivity contribution in [2.75, 3.05) is 11.9 Å². The summed E-state index contributed by atoms with van der Waals surface area (Å²) in [5.74, 6) is -0.869. The quantitative estimate of drug-likeness (QED) is 0.438. The van der Waals surface area contributed by atoms with Crippen LogP contribution in [0.3, 0.4) is 0 Å². The maximum absolute atomic E-state index is 12.5. The number of fused-ring (bicyclic) bond motifs is 1. The Labute approximate surface area is 172 Å². The van der Waals surface area contributed by atoms with E-state index in [1.165, 1.54) is 11.3 Å². The summed E-state index contributed by atoms with van der Waals surface area (Å²) >= 11 is 1.31. The fourth-order valence-electron chi connectivity index (χ4n) is 3.09. The third-order valence-corrected chi connectivity index (χ3v) is 5.48. The molecule has 4 nitrogen and oxygen atoms in total. The predicted molar refractivity (Wildman–Crippen MR) is 117 cm³/mol. The maximum Gasteiger partial charge on any atom is 0.349 e. The summed E-state index contributed by atoms with van der Waals surface area (Å²) in [5.41, 5.74) is 3.58. The molecule has 144 valence electrons. The van der Waals surface area contributed by atoms with E-state index in [2.05, 4.69) is 5.32 Å².